The van der Waals surface area contributed by atoms with Gasteiger partial charge in [-0.2, -0.15) is 0 Å². The van der Waals surface area contributed by atoms with Crippen LogP contribution in [0, 0.1) is 5.92 Å². The van der Waals surface area contributed by atoms with E-state index >= 15 is 0 Å². The van der Waals surface area contributed by atoms with Crippen LogP contribution in [-0.2, 0) is 0 Å². The number of aromatic nitrogens is 1. The van der Waals surface area contributed by atoms with Crippen LogP contribution in [-0.4, -0.2) is 41.5 Å². The van der Waals surface area contributed by atoms with Gasteiger partial charge in [0.15, 0.2) is 0 Å². The van der Waals surface area contributed by atoms with Crippen molar-refractivity contribution in [2.24, 2.45) is 5.92 Å². The van der Waals surface area contributed by atoms with Crippen molar-refractivity contribution in [3.63, 3.8) is 0 Å². The first-order valence-electron chi connectivity index (χ1n) is 7.65. The Bertz CT molecular complexity index is 646. The number of hydrogen-bond donors (Lipinski definition) is 1. The number of piperidine rings is 1. The Balaban J connectivity index is 1.54. The van der Waals surface area contributed by atoms with Crippen molar-refractivity contribution in [1.29, 1.82) is 0 Å². The second-order valence-corrected chi connectivity index (χ2v) is 7.06. The molecule has 0 spiro atoms. The molecule has 2 bridgehead atoms. The summed E-state index contributed by atoms with van der Waals surface area (Å²) in [5.41, 5.74) is 0.578. The minimum atomic E-state index is -0.0180. The van der Waals surface area contributed by atoms with Crippen LogP contribution in [0.3, 0.4) is 0 Å². The first-order valence-corrected chi connectivity index (χ1v) is 8.53. The highest BCUT2D eigenvalue weighted by molar-refractivity contribution is 7.17. The van der Waals surface area contributed by atoms with Gasteiger partial charge in [-0.3, -0.25) is 4.79 Å². The molecule has 2 aromatic rings. The van der Waals surface area contributed by atoms with E-state index in [1.165, 1.54) is 25.9 Å². The first-order chi connectivity index (χ1) is 10.3. The summed E-state index contributed by atoms with van der Waals surface area (Å²) in [7, 11) is 0. The van der Waals surface area contributed by atoms with Crippen molar-refractivity contribution < 1.29 is 4.79 Å². The molecule has 0 saturated carbocycles. The third kappa shape index (κ3) is 2.56. The van der Waals surface area contributed by atoms with Gasteiger partial charge in [0.2, 0.25) is 0 Å². The molecular formula is C16H19N3OS. The smallest absolute Gasteiger partial charge is 0.271 e. The normalized spacial score (nSPS) is 28.5. The van der Waals surface area contributed by atoms with E-state index in [-0.39, 0.29) is 11.9 Å². The van der Waals surface area contributed by atoms with Crippen LogP contribution in [0.5, 0.6) is 0 Å². The van der Waals surface area contributed by atoms with Crippen LogP contribution < -0.4 is 5.32 Å². The molecule has 5 rings (SSSR count). The Morgan fingerprint density at radius 3 is 3.05 bits per heavy atom. The summed E-state index contributed by atoms with van der Waals surface area (Å²) in [6.07, 6.45) is 5.41. The van der Waals surface area contributed by atoms with Gasteiger partial charge in [0.05, 0.1) is 4.70 Å². The number of nitrogens with one attached hydrogen (secondary N) is 1. The lowest BCUT2D eigenvalue weighted by molar-refractivity contribution is 0.0926. The Kier molecular flexibility index (Phi) is 3.39. The lowest BCUT2D eigenvalue weighted by Gasteiger charge is -2.26. The Morgan fingerprint density at radius 2 is 2.19 bits per heavy atom. The molecule has 3 saturated heterocycles. The van der Waals surface area contributed by atoms with Crippen LogP contribution in [0.2, 0.25) is 0 Å². The molecule has 1 atom stereocenters. The molecular weight excluding hydrogens is 282 g/mol. The molecule has 3 aliphatic heterocycles. The molecule has 1 unspecified atom stereocenters. The fraction of sp³-hybridized carbons (Fsp3) is 0.500. The molecule has 2 aromatic heterocycles. The van der Waals surface area contributed by atoms with Gasteiger partial charge < -0.3 is 10.2 Å². The molecule has 1 amide bonds. The molecule has 0 radical (unpaired) electrons. The van der Waals surface area contributed by atoms with E-state index in [2.05, 4.69) is 15.2 Å². The van der Waals surface area contributed by atoms with Crippen LogP contribution >= 0.6 is 11.3 Å². The van der Waals surface area contributed by atoms with Crippen LogP contribution in [0.1, 0.15) is 29.8 Å². The van der Waals surface area contributed by atoms with Gasteiger partial charge in [0.1, 0.15) is 5.69 Å². The number of carbonyl (C=O) groups excluding carboxylic acids is 1. The summed E-state index contributed by atoms with van der Waals surface area (Å²) in [6, 6.07) is 4.26. The van der Waals surface area contributed by atoms with Gasteiger partial charge in [-0.1, -0.05) is 0 Å². The van der Waals surface area contributed by atoms with Crippen molar-refractivity contribution in [2.75, 3.05) is 19.6 Å². The van der Waals surface area contributed by atoms with Crippen molar-refractivity contribution in [3.05, 3.63) is 29.4 Å². The van der Waals surface area contributed by atoms with E-state index in [9.17, 15) is 4.79 Å². The Hall–Kier alpha value is -1.46. The molecule has 3 fully saturated rings. The van der Waals surface area contributed by atoms with E-state index in [1.807, 2.05) is 17.5 Å². The van der Waals surface area contributed by atoms with Crippen molar-refractivity contribution in [1.82, 2.24) is 15.2 Å². The Morgan fingerprint density at radius 1 is 1.33 bits per heavy atom. The molecule has 0 aromatic carbocycles. The molecule has 110 valence electrons. The maximum Gasteiger partial charge on any atom is 0.271 e. The lowest BCUT2D eigenvalue weighted by atomic mass is 9.94. The lowest BCUT2D eigenvalue weighted by Crippen LogP contribution is -2.42. The molecule has 4 nitrogen and oxygen atoms in total. The SMILES string of the molecule is O=C(NC1CC2CCN(CC2)C1)c1nccc2ccsc12. The minimum Gasteiger partial charge on any atom is -0.347 e. The van der Waals surface area contributed by atoms with E-state index in [0.717, 1.165) is 29.0 Å². The van der Waals surface area contributed by atoms with Gasteiger partial charge in [-0.05, 0) is 61.2 Å². The zero-order valence-corrected chi connectivity index (χ0v) is 12.7. The molecule has 3 aliphatic rings. The number of hydrogen-bond acceptors (Lipinski definition) is 4. The van der Waals surface area contributed by atoms with Gasteiger partial charge in [-0.15, -0.1) is 11.3 Å². The predicted octanol–water partition coefficient (Wildman–Crippen LogP) is 2.51. The third-order valence-corrected chi connectivity index (χ3v) is 5.66. The summed E-state index contributed by atoms with van der Waals surface area (Å²) in [6.45, 7) is 3.37. The van der Waals surface area contributed by atoms with Gasteiger partial charge in [0, 0.05) is 18.8 Å². The zero-order valence-electron chi connectivity index (χ0n) is 11.9. The van der Waals surface area contributed by atoms with Crippen LogP contribution in [0.4, 0.5) is 0 Å². The van der Waals surface area contributed by atoms with Crippen molar-refractivity contribution >= 4 is 27.3 Å². The topological polar surface area (TPSA) is 45.2 Å². The zero-order chi connectivity index (χ0) is 14.2. The fourth-order valence-electron chi connectivity index (χ4n) is 3.61. The van der Waals surface area contributed by atoms with Crippen molar-refractivity contribution in [3.8, 4) is 0 Å². The number of amides is 1. The van der Waals surface area contributed by atoms with E-state index in [1.54, 1.807) is 17.5 Å². The van der Waals surface area contributed by atoms with Crippen LogP contribution in [0.15, 0.2) is 23.7 Å². The van der Waals surface area contributed by atoms with Crippen LogP contribution in [0.25, 0.3) is 10.1 Å². The largest absolute Gasteiger partial charge is 0.347 e. The summed E-state index contributed by atoms with van der Waals surface area (Å²) in [5, 5.41) is 6.34. The summed E-state index contributed by atoms with van der Waals surface area (Å²) < 4.78 is 0.993. The molecule has 5 heterocycles. The number of pyridine rings is 1. The quantitative estimate of drug-likeness (QED) is 0.927. The standard InChI is InChI=1S/C16H19N3OS/c20-16(14-15-12(1-5-17-14)4-8-21-15)18-13-9-11-2-6-19(10-13)7-3-11/h1,4-5,8,11,13H,2-3,6-7,9-10H2,(H,18,20). The highest BCUT2D eigenvalue weighted by Gasteiger charge is 2.30. The molecule has 1 N–H and O–H groups in total. The van der Waals surface area contributed by atoms with Crippen molar-refractivity contribution in [2.45, 2.75) is 25.3 Å². The average Bonchev–Trinajstić information content (AvgIpc) is 2.80. The predicted molar refractivity (Wildman–Crippen MR) is 84.7 cm³/mol. The van der Waals surface area contributed by atoms with Gasteiger partial charge in [0.25, 0.3) is 5.91 Å². The molecule has 21 heavy (non-hydrogen) atoms. The molecule has 5 heteroatoms. The number of thiophene rings is 1. The number of fused-ring (bicyclic) bond motifs is 5. The summed E-state index contributed by atoms with van der Waals surface area (Å²) in [5.74, 6) is 0.759. The monoisotopic (exact) mass is 301 g/mol. The Labute approximate surface area is 128 Å². The van der Waals surface area contributed by atoms with E-state index in [4.69, 9.17) is 0 Å². The maximum absolute atomic E-state index is 12.6. The third-order valence-electron chi connectivity index (χ3n) is 4.72. The molecule has 0 aliphatic carbocycles. The van der Waals surface area contributed by atoms with Gasteiger partial charge >= 0.3 is 0 Å². The van der Waals surface area contributed by atoms with E-state index in [0.29, 0.717) is 5.69 Å². The van der Waals surface area contributed by atoms with E-state index < -0.39 is 0 Å². The number of rotatable bonds is 2. The fourth-order valence-corrected chi connectivity index (χ4v) is 4.49. The second kappa shape index (κ2) is 5.39. The summed E-state index contributed by atoms with van der Waals surface area (Å²) in [4.78, 5) is 19.4. The van der Waals surface area contributed by atoms with Gasteiger partial charge in [-0.25, -0.2) is 4.98 Å². The highest BCUT2D eigenvalue weighted by atomic mass is 32.1. The number of nitrogens with zero attached hydrogens (tertiary/aromatic N) is 2. The number of carbonyl (C=O) groups is 1. The summed E-state index contributed by atoms with van der Waals surface area (Å²) >= 11 is 1.59. The second-order valence-electron chi connectivity index (χ2n) is 6.15. The first kappa shape index (κ1) is 13.2. The highest BCUT2D eigenvalue weighted by Crippen LogP contribution is 2.27. The average molecular weight is 301 g/mol. The maximum atomic E-state index is 12.6. The minimum absolute atomic E-state index is 0.0180.